The Labute approximate surface area is 168 Å². The maximum Gasteiger partial charge on any atom is 0.232 e. The van der Waals surface area contributed by atoms with E-state index < -0.39 is 0 Å². The third-order valence-corrected chi connectivity index (χ3v) is 6.48. The number of likely N-dealkylation sites (tertiary alicyclic amines) is 1. The monoisotopic (exact) mass is 411 g/mol. The zero-order chi connectivity index (χ0) is 18.9. The molecule has 1 aliphatic rings. The van der Waals surface area contributed by atoms with Crippen molar-refractivity contribution in [2.45, 2.75) is 25.5 Å². The van der Waals surface area contributed by atoms with Crippen molar-refractivity contribution >= 4 is 40.9 Å². The fourth-order valence-corrected chi connectivity index (χ4v) is 4.96. The van der Waals surface area contributed by atoms with E-state index in [-0.39, 0.29) is 11.3 Å². The largest absolute Gasteiger partial charge is 0.341 e. The molecule has 1 aromatic carbocycles. The SMILES string of the molecule is Cn1cc(C2CN(C(=O)CSCc3ccc(Cl)cc3Cl)CC2(C)C)cn1. The lowest BCUT2D eigenvalue weighted by molar-refractivity contribution is -0.127. The summed E-state index contributed by atoms with van der Waals surface area (Å²) in [4.78, 5) is 14.7. The van der Waals surface area contributed by atoms with E-state index in [2.05, 4.69) is 25.1 Å². The molecular weight excluding hydrogens is 389 g/mol. The maximum atomic E-state index is 12.7. The fraction of sp³-hybridized carbons (Fsp3) is 0.474. The van der Waals surface area contributed by atoms with Crippen LogP contribution in [0.1, 0.15) is 30.9 Å². The van der Waals surface area contributed by atoms with E-state index >= 15 is 0 Å². The number of thioether (sulfide) groups is 1. The van der Waals surface area contributed by atoms with E-state index in [1.54, 1.807) is 17.8 Å². The smallest absolute Gasteiger partial charge is 0.232 e. The molecule has 0 radical (unpaired) electrons. The topological polar surface area (TPSA) is 38.1 Å². The summed E-state index contributed by atoms with van der Waals surface area (Å²) in [5.74, 6) is 1.65. The van der Waals surface area contributed by atoms with Crippen molar-refractivity contribution in [2.24, 2.45) is 12.5 Å². The Kier molecular flexibility index (Phi) is 5.90. The highest BCUT2D eigenvalue weighted by Crippen LogP contribution is 2.42. The van der Waals surface area contributed by atoms with Gasteiger partial charge in [0.25, 0.3) is 0 Å². The Morgan fingerprint density at radius 1 is 1.38 bits per heavy atom. The van der Waals surface area contributed by atoms with Crippen molar-refractivity contribution in [3.8, 4) is 0 Å². The molecule has 3 rings (SSSR count). The van der Waals surface area contributed by atoms with Crippen LogP contribution in [-0.4, -0.2) is 39.4 Å². The Morgan fingerprint density at radius 2 is 2.15 bits per heavy atom. The summed E-state index contributed by atoms with van der Waals surface area (Å²) in [6.07, 6.45) is 3.97. The second-order valence-corrected chi connectivity index (χ2v) is 9.32. The molecule has 4 nitrogen and oxygen atoms in total. The van der Waals surface area contributed by atoms with Crippen LogP contribution in [-0.2, 0) is 17.6 Å². The van der Waals surface area contributed by atoms with Crippen LogP contribution in [0, 0.1) is 5.41 Å². The summed E-state index contributed by atoms with van der Waals surface area (Å²) in [6, 6.07) is 5.48. The predicted octanol–water partition coefficient (Wildman–Crippen LogP) is 4.61. The van der Waals surface area contributed by atoms with Gasteiger partial charge in [0.15, 0.2) is 0 Å². The molecule has 0 spiro atoms. The zero-order valence-corrected chi connectivity index (χ0v) is 17.5. The number of hydrogen-bond donors (Lipinski definition) is 0. The lowest BCUT2D eigenvalue weighted by atomic mass is 9.79. The van der Waals surface area contributed by atoms with Crippen molar-refractivity contribution < 1.29 is 4.79 Å². The van der Waals surface area contributed by atoms with E-state index in [4.69, 9.17) is 23.2 Å². The Bertz CT molecular complexity index is 806. The van der Waals surface area contributed by atoms with Crippen LogP contribution in [0.2, 0.25) is 10.0 Å². The third-order valence-electron chi connectivity index (χ3n) is 4.92. The summed E-state index contributed by atoms with van der Waals surface area (Å²) in [5, 5.41) is 5.56. The number of aryl methyl sites for hydroxylation is 1. The van der Waals surface area contributed by atoms with Gasteiger partial charge >= 0.3 is 0 Å². The predicted molar refractivity (Wildman–Crippen MR) is 109 cm³/mol. The van der Waals surface area contributed by atoms with Gasteiger partial charge < -0.3 is 4.90 Å². The molecule has 140 valence electrons. The zero-order valence-electron chi connectivity index (χ0n) is 15.2. The van der Waals surface area contributed by atoms with Gasteiger partial charge in [-0.1, -0.05) is 43.1 Å². The number of rotatable bonds is 5. The highest BCUT2D eigenvalue weighted by Gasteiger charge is 2.42. The maximum absolute atomic E-state index is 12.7. The number of hydrogen-bond acceptors (Lipinski definition) is 3. The quantitative estimate of drug-likeness (QED) is 0.720. The van der Waals surface area contributed by atoms with Crippen LogP contribution in [0.25, 0.3) is 0 Å². The minimum absolute atomic E-state index is 0.0445. The minimum atomic E-state index is 0.0445. The molecule has 1 atom stereocenters. The number of carbonyl (C=O) groups is 1. The molecule has 0 bridgehead atoms. The van der Waals surface area contributed by atoms with Crippen molar-refractivity contribution in [1.29, 1.82) is 0 Å². The standard InChI is InChI=1S/C19H23Cl2N3OS/c1-19(2)12-24(9-16(19)14-7-22-23(3)8-14)18(25)11-26-10-13-4-5-15(20)6-17(13)21/h4-8,16H,9-12H2,1-3H3. The van der Waals surface area contributed by atoms with Crippen molar-refractivity contribution in [2.75, 3.05) is 18.8 Å². The number of benzene rings is 1. The minimum Gasteiger partial charge on any atom is -0.341 e. The van der Waals surface area contributed by atoms with Gasteiger partial charge in [0.1, 0.15) is 0 Å². The summed E-state index contributed by atoms with van der Waals surface area (Å²) in [5.41, 5.74) is 2.25. The molecule has 26 heavy (non-hydrogen) atoms. The average Bonchev–Trinajstić information content (AvgIpc) is 3.12. The molecule has 2 heterocycles. The molecule has 0 aliphatic carbocycles. The van der Waals surface area contributed by atoms with Crippen LogP contribution in [0.5, 0.6) is 0 Å². The van der Waals surface area contributed by atoms with Crippen molar-refractivity contribution in [3.63, 3.8) is 0 Å². The third kappa shape index (κ3) is 4.38. The highest BCUT2D eigenvalue weighted by molar-refractivity contribution is 7.99. The van der Waals surface area contributed by atoms with Gasteiger partial charge in [0, 0.05) is 48.1 Å². The fourth-order valence-electron chi connectivity index (χ4n) is 3.48. The van der Waals surface area contributed by atoms with Gasteiger partial charge in [-0.05, 0) is 28.7 Å². The second kappa shape index (κ2) is 7.83. The lowest BCUT2D eigenvalue weighted by Gasteiger charge is -2.24. The first-order chi connectivity index (χ1) is 12.3. The molecule has 1 unspecified atom stereocenters. The van der Waals surface area contributed by atoms with Gasteiger partial charge in [0.05, 0.1) is 11.9 Å². The Balaban J connectivity index is 1.57. The molecule has 1 fully saturated rings. The molecule has 0 N–H and O–H groups in total. The number of carbonyl (C=O) groups excluding carboxylic acids is 1. The molecule has 1 amide bonds. The normalized spacial score (nSPS) is 19.1. The van der Waals surface area contributed by atoms with E-state index in [1.165, 1.54) is 5.56 Å². The highest BCUT2D eigenvalue weighted by atomic mass is 35.5. The van der Waals surface area contributed by atoms with Crippen molar-refractivity contribution in [1.82, 2.24) is 14.7 Å². The van der Waals surface area contributed by atoms with Crippen LogP contribution in [0.15, 0.2) is 30.6 Å². The van der Waals surface area contributed by atoms with E-state index in [0.29, 0.717) is 27.5 Å². The first kappa shape index (κ1) is 19.6. The molecule has 7 heteroatoms. The van der Waals surface area contributed by atoms with E-state index in [0.717, 1.165) is 18.7 Å². The number of aromatic nitrogens is 2. The first-order valence-electron chi connectivity index (χ1n) is 8.54. The van der Waals surface area contributed by atoms with Crippen LogP contribution >= 0.6 is 35.0 Å². The average molecular weight is 412 g/mol. The molecule has 1 saturated heterocycles. The van der Waals surface area contributed by atoms with Gasteiger partial charge in [-0.2, -0.15) is 5.10 Å². The number of nitrogens with zero attached hydrogens (tertiary/aromatic N) is 3. The van der Waals surface area contributed by atoms with Gasteiger partial charge in [0.2, 0.25) is 5.91 Å². The summed E-state index contributed by atoms with van der Waals surface area (Å²) in [7, 11) is 1.92. The Morgan fingerprint density at radius 3 is 2.81 bits per heavy atom. The summed E-state index contributed by atoms with van der Waals surface area (Å²) >= 11 is 13.7. The molecule has 1 aromatic heterocycles. The number of amides is 1. The molecule has 1 aliphatic heterocycles. The summed E-state index contributed by atoms with van der Waals surface area (Å²) < 4.78 is 1.82. The van der Waals surface area contributed by atoms with Crippen LogP contribution in [0.3, 0.4) is 0 Å². The van der Waals surface area contributed by atoms with Gasteiger partial charge in [-0.15, -0.1) is 11.8 Å². The van der Waals surface area contributed by atoms with E-state index in [9.17, 15) is 4.79 Å². The van der Waals surface area contributed by atoms with E-state index in [1.807, 2.05) is 35.0 Å². The molecule has 0 saturated carbocycles. The molecular formula is C19H23Cl2N3OS. The number of halogens is 2. The van der Waals surface area contributed by atoms with Gasteiger partial charge in [-0.3, -0.25) is 9.48 Å². The first-order valence-corrected chi connectivity index (χ1v) is 10.5. The molecule has 2 aromatic rings. The lowest BCUT2D eigenvalue weighted by Crippen LogP contribution is -2.31. The second-order valence-electron chi connectivity index (χ2n) is 7.49. The Hall–Kier alpha value is -1.17. The van der Waals surface area contributed by atoms with Crippen molar-refractivity contribution in [3.05, 3.63) is 51.8 Å². The van der Waals surface area contributed by atoms with Crippen LogP contribution in [0.4, 0.5) is 0 Å². The van der Waals surface area contributed by atoms with Gasteiger partial charge in [-0.25, -0.2) is 0 Å². The summed E-state index contributed by atoms with van der Waals surface area (Å²) in [6.45, 7) is 5.96. The van der Waals surface area contributed by atoms with Crippen LogP contribution < -0.4 is 0 Å².